The highest BCUT2D eigenvalue weighted by atomic mass is 127. The number of benzene rings is 1. The van der Waals surface area contributed by atoms with Crippen LogP contribution >= 0.6 is 24.0 Å². The summed E-state index contributed by atoms with van der Waals surface area (Å²) in [5, 5.41) is 9.57. The molecular weight excluding hydrogens is 483 g/mol. The summed E-state index contributed by atoms with van der Waals surface area (Å²) in [5.41, 5.74) is 0.801. The van der Waals surface area contributed by atoms with Gasteiger partial charge >= 0.3 is 6.09 Å². The molecule has 164 valence electrons. The fourth-order valence-corrected chi connectivity index (χ4v) is 2.84. The van der Waals surface area contributed by atoms with E-state index in [0.717, 1.165) is 24.2 Å². The number of rotatable bonds is 8. The number of halogens is 1. The Morgan fingerprint density at radius 2 is 1.93 bits per heavy atom. The highest BCUT2D eigenvalue weighted by Crippen LogP contribution is 2.32. The van der Waals surface area contributed by atoms with Gasteiger partial charge in [-0.2, -0.15) is 0 Å². The number of ether oxygens (including phenoxy) is 2. The highest BCUT2D eigenvalue weighted by molar-refractivity contribution is 14.0. The van der Waals surface area contributed by atoms with Gasteiger partial charge in [0.15, 0.2) is 5.96 Å². The van der Waals surface area contributed by atoms with Crippen LogP contribution in [0, 0.1) is 5.92 Å². The van der Waals surface area contributed by atoms with Crippen LogP contribution in [0.25, 0.3) is 0 Å². The number of nitrogens with one attached hydrogen (secondary N) is 3. The lowest BCUT2D eigenvalue weighted by Crippen LogP contribution is -2.48. The molecule has 1 atom stereocenters. The van der Waals surface area contributed by atoms with Crippen molar-refractivity contribution in [1.29, 1.82) is 0 Å². The normalized spacial score (nSPS) is 15.0. The quantitative estimate of drug-likeness (QED) is 0.278. The van der Waals surface area contributed by atoms with Gasteiger partial charge in [0.05, 0.1) is 12.6 Å². The number of para-hydroxylation sites is 1. The maximum absolute atomic E-state index is 11.7. The van der Waals surface area contributed by atoms with Gasteiger partial charge in [0.25, 0.3) is 0 Å². The standard InChI is InChI=1S/C21H34N4O3.HI/c1-6-27-20(26)25-17(15-11-12-15)14-24-19(22-5)23-13-16-9-7-8-10-18(16)28-21(2,3)4;/h7-10,15,17H,6,11-14H2,1-5H3,(H,25,26)(H2,22,23,24);1H. The summed E-state index contributed by atoms with van der Waals surface area (Å²) in [7, 11) is 1.73. The zero-order valence-corrected chi connectivity index (χ0v) is 20.4. The molecule has 0 aliphatic heterocycles. The number of aliphatic imine (C=N–C) groups is 1. The van der Waals surface area contributed by atoms with Crippen molar-refractivity contribution in [2.75, 3.05) is 20.2 Å². The fourth-order valence-electron chi connectivity index (χ4n) is 2.84. The second-order valence-electron chi connectivity index (χ2n) is 7.94. The number of alkyl carbamates (subject to hydrolysis) is 1. The molecule has 0 radical (unpaired) electrons. The summed E-state index contributed by atoms with van der Waals surface area (Å²) >= 11 is 0. The predicted molar refractivity (Wildman–Crippen MR) is 127 cm³/mol. The molecule has 0 spiro atoms. The lowest BCUT2D eigenvalue weighted by Gasteiger charge is -2.24. The van der Waals surface area contributed by atoms with E-state index in [1.807, 2.05) is 45.0 Å². The molecule has 0 aromatic heterocycles. The molecule has 8 heteroatoms. The Bertz CT molecular complexity index is 672. The smallest absolute Gasteiger partial charge is 0.407 e. The molecule has 29 heavy (non-hydrogen) atoms. The van der Waals surface area contributed by atoms with Crippen molar-refractivity contribution >= 4 is 36.0 Å². The maximum Gasteiger partial charge on any atom is 0.407 e. The first-order valence-corrected chi connectivity index (χ1v) is 9.97. The Hall–Kier alpha value is -1.71. The van der Waals surface area contributed by atoms with Crippen molar-refractivity contribution in [3.05, 3.63) is 29.8 Å². The summed E-state index contributed by atoms with van der Waals surface area (Å²) in [6.07, 6.45) is 1.89. The van der Waals surface area contributed by atoms with E-state index in [4.69, 9.17) is 9.47 Å². The molecule has 0 bridgehead atoms. The van der Waals surface area contributed by atoms with E-state index in [1.54, 1.807) is 14.0 Å². The Balaban J connectivity index is 0.00000420. The lowest BCUT2D eigenvalue weighted by molar-refractivity contribution is 0.129. The lowest BCUT2D eigenvalue weighted by atomic mass is 10.1. The monoisotopic (exact) mass is 518 g/mol. The van der Waals surface area contributed by atoms with Gasteiger partial charge in [-0.25, -0.2) is 4.79 Å². The number of guanidine groups is 1. The molecule has 1 aromatic rings. The first-order valence-electron chi connectivity index (χ1n) is 9.97. The SMILES string of the molecule is CCOC(=O)NC(CNC(=NC)NCc1ccccc1OC(C)(C)C)C1CC1.I. The van der Waals surface area contributed by atoms with Crippen LogP contribution in [-0.4, -0.2) is 43.9 Å². The topological polar surface area (TPSA) is 84.0 Å². The molecule has 1 aromatic carbocycles. The van der Waals surface area contributed by atoms with Gasteiger partial charge in [0.1, 0.15) is 11.4 Å². The second kappa shape index (κ2) is 12.1. The number of hydrogen-bond donors (Lipinski definition) is 3. The Morgan fingerprint density at radius 1 is 1.24 bits per heavy atom. The molecule has 1 aliphatic carbocycles. The summed E-state index contributed by atoms with van der Waals surface area (Å²) < 4.78 is 11.0. The predicted octanol–water partition coefficient (Wildman–Crippen LogP) is 3.67. The van der Waals surface area contributed by atoms with E-state index in [1.165, 1.54) is 0 Å². The summed E-state index contributed by atoms with van der Waals surface area (Å²) in [4.78, 5) is 16.0. The van der Waals surface area contributed by atoms with E-state index in [0.29, 0.717) is 31.6 Å². The van der Waals surface area contributed by atoms with Gasteiger partial charge in [-0.05, 0) is 52.5 Å². The van der Waals surface area contributed by atoms with Gasteiger partial charge in [-0.1, -0.05) is 18.2 Å². The van der Waals surface area contributed by atoms with Crippen molar-refractivity contribution < 1.29 is 14.3 Å². The Morgan fingerprint density at radius 3 is 2.52 bits per heavy atom. The second-order valence-corrected chi connectivity index (χ2v) is 7.94. The molecule has 3 N–H and O–H groups in total. The average molecular weight is 518 g/mol. The number of nitrogens with zero attached hydrogens (tertiary/aromatic N) is 1. The van der Waals surface area contributed by atoms with E-state index in [2.05, 4.69) is 20.9 Å². The first-order chi connectivity index (χ1) is 13.3. The van der Waals surface area contributed by atoms with Crippen LogP contribution in [0.5, 0.6) is 5.75 Å². The van der Waals surface area contributed by atoms with Crippen molar-refractivity contribution in [2.45, 2.75) is 58.7 Å². The van der Waals surface area contributed by atoms with Gasteiger partial charge in [0.2, 0.25) is 0 Å². The molecule has 0 heterocycles. The minimum absolute atomic E-state index is 0. The third-order valence-electron chi connectivity index (χ3n) is 4.32. The molecular formula is C21H35IN4O3. The van der Waals surface area contributed by atoms with Gasteiger partial charge in [-0.3, -0.25) is 4.99 Å². The molecule has 2 rings (SSSR count). The third kappa shape index (κ3) is 9.56. The number of amides is 1. The van der Waals surface area contributed by atoms with Crippen molar-refractivity contribution in [3.63, 3.8) is 0 Å². The number of hydrogen-bond acceptors (Lipinski definition) is 4. The van der Waals surface area contributed by atoms with Crippen LogP contribution < -0.4 is 20.7 Å². The van der Waals surface area contributed by atoms with Gasteiger partial charge in [0, 0.05) is 25.7 Å². The van der Waals surface area contributed by atoms with E-state index >= 15 is 0 Å². The molecule has 1 fully saturated rings. The zero-order chi connectivity index (χ0) is 20.6. The van der Waals surface area contributed by atoms with Crippen LogP contribution in [-0.2, 0) is 11.3 Å². The van der Waals surface area contributed by atoms with E-state index < -0.39 is 0 Å². The minimum atomic E-state index is -0.364. The molecule has 1 unspecified atom stereocenters. The first kappa shape index (κ1) is 25.3. The van der Waals surface area contributed by atoms with E-state index in [-0.39, 0.29) is 41.7 Å². The van der Waals surface area contributed by atoms with Crippen LogP contribution in [0.1, 0.15) is 46.1 Å². The van der Waals surface area contributed by atoms with Crippen molar-refractivity contribution in [3.8, 4) is 5.75 Å². The highest BCUT2D eigenvalue weighted by Gasteiger charge is 2.32. The largest absolute Gasteiger partial charge is 0.488 e. The molecule has 1 saturated carbocycles. The molecule has 1 aliphatic rings. The number of carbonyl (C=O) groups excluding carboxylic acids is 1. The summed E-state index contributed by atoms with van der Waals surface area (Å²) in [6.45, 7) is 9.46. The molecule has 0 saturated heterocycles. The van der Waals surface area contributed by atoms with Gasteiger partial charge in [-0.15, -0.1) is 24.0 Å². The third-order valence-corrected chi connectivity index (χ3v) is 4.32. The Kier molecular flexibility index (Phi) is 10.6. The Labute approximate surface area is 191 Å². The summed E-state index contributed by atoms with van der Waals surface area (Å²) in [6, 6.07) is 8.02. The molecule has 7 nitrogen and oxygen atoms in total. The van der Waals surface area contributed by atoms with Crippen LogP contribution in [0.3, 0.4) is 0 Å². The van der Waals surface area contributed by atoms with Crippen molar-refractivity contribution in [2.24, 2.45) is 10.9 Å². The van der Waals surface area contributed by atoms with Crippen LogP contribution in [0.15, 0.2) is 29.3 Å². The van der Waals surface area contributed by atoms with Gasteiger partial charge < -0.3 is 25.4 Å². The maximum atomic E-state index is 11.7. The van der Waals surface area contributed by atoms with Crippen molar-refractivity contribution in [1.82, 2.24) is 16.0 Å². The zero-order valence-electron chi connectivity index (χ0n) is 18.1. The van der Waals surface area contributed by atoms with E-state index in [9.17, 15) is 4.79 Å². The van der Waals surface area contributed by atoms with Crippen LogP contribution in [0.2, 0.25) is 0 Å². The summed E-state index contributed by atoms with van der Waals surface area (Å²) in [5.74, 6) is 2.04. The average Bonchev–Trinajstić information content (AvgIpc) is 3.46. The minimum Gasteiger partial charge on any atom is -0.488 e. The fraction of sp³-hybridized carbons (Fsp3) is 0.619. The van der Waals surface area contributed by atoms with Crippen LogP contribution in [0.4, 0.5) is 4.79 Å². The number of carbonyl (C=O) groups is 1. The molecule has 1 amide bonds.